The lowest BCUT2D eigenvalue weighted by molar-refractivity contribution is 0.0716. The van der Waals surface area contributed by atoms with E-state index in [1.165, 1.54) is 6.07 Å². The van der Waals surface area contributed by atoms with Gasteiger partial charge in [-0.15, -0.1) is 0 Å². The quantitative estimate of drug-likeness (QED) is 0.597. The highest BCUT2D eigenvalue weighted by Crippen LogP contribution is 1.94. The van der Waals surface area contributed by atoms with Crippen LogP contribution in [0.2, 0.25) is 0 Å². The van der Waals surface area contributed by atoms with Crippen LogP contribution < -0.4 is 11.3 Å². The summed E-state index contributed by atoms with van der Waals surface area (Å²) in [4.78, 5) is 18.3. The smallest absolute Gasteiger partial charge is 0.251 e. The highest BCUT2D eigenvalue weighted by molar-refractivity contribution is 5.03. The van der Waals surface area contributed by atoms with Gasteiger partial charge in [-0.1, -0.05) is 0 Å². The first-order valence-corrected chi connectivity index (χ1v) is 5.62. The molecule has 1 rings (SSSR count). The number of aromatic nitrogens is 2. The van der Waals surface area contributed by atoms with Crippen LogP contribution in [0.25, 0.3) is 0 Å². The molecule has 3 N–H and O–H groups in total. The van der Waals surface area contributed by atoms with Crippen LogP contribution in [-0.2, 0) is 22.3 Å². The van der Waals surface area contributed by atoms with Gasteiger partial charge in [-0.2, -0.15) is 0 Å². The normalized spacial score (nSPS) is 10.7. The van der Waals surface area contributed by atoms with Crippen molar-refractivity contribution in [1.29, 1.82) is 0 Å². The Morgan fingerprint density at radius 1 is 1.35 bits per heavy atom. The molecule has 17 heavy (non-hydrogen) atoms. The van der Waals surface area contributed by atoms with Crippen LogP contribution in [0.3, 0.4) is 0 Å². The molecular weight excluding hydrogens is 222 g/mol. The van der Waals surface area contributed by atoms with Crippen LogP contribution in [0.15, 0.2) is 10.9 Å². The summed E-state index contributed by atoms with van der Waals surface area (Å²) in [6.45, 7) is 2.11. The summed E-state index contributed by atoms with van der Waals surface area (Å²) in [5, 5.41) is 0. The van der Waals surface area contributed by atoms with Crippen LogP contribution in [0, 0.1) is 0 Å². The number of ether oxygens (including phenoxy) is 2. The molecule has 6 nitrogen and oxygen atoms in total. The van der Waals surface area contributed by atoms with Crippen LogP contribution in [0.5, 0.6) is 0 Å². The third-order valence-electron chi connectivity index (χ3n) is 2.16. The summed E-state index contributed by atoms with van der Waals surface area (Å²) in [5.41, 5.74) is 6.01. The zero-order chi connectivity index (χ0) is 12.5. The SMILES string of the molecule is COCCOCCc1nc(CCN)cc(=O)[nH]1. The topological polar surface area (TPSA) is 90.2 Å². The molecule has 1 aromatic rings. The van der Waals surface area contributed by atoms with Crippen molar-refractivity contribution >= 4 is 0 Å². The molecule has 0 saturated carbocycles. The molecule has 0 spiro atoms. The minimum absolute atomic E-state index is 0.143. The van der Waals surface area contributed by atoms with E-state index < -0.39 is 0 Å². The third-order valence-corrected chi connectivity index (χ3v) is 2.16. The fourth-order valence-corrected chi connectivity index (χ4v) is 1.37. The maximum absolute atomic E-state index is 11.3. The Bertz CT molecular complexity index is 378. The first-order valence-electron chi connectivity index (χ1n) is 5.62. The molecule has 6 heteroatoms. The monoisotopic (exact) mass is 241 g/mol. The molecule has 0 aliphatic rings. The molecule has 0 saturated heterocycles. The Morgan fingerprint density at radius 2 is 2.18 bits per heavy atom. The summed E-state index contributed by atoms with van der Waals surface area (Å²) >= 11 is 0. The molecule has 0 amide bonds. The number of rotatable bonds is 8. The minimum atomic E-state index is -0.143. The number of nitrogens with two attached hydrogens (primary N) is 1. The van der Waals surface area contributed by atoms with E-state index in [9.17, 15) is 4.79 Å². The summed E-state index contributed by atoms with van der Waals surface area (Å²) < 4.78 is 10.2. The second-order valence-electron chi connectivity index (χ2n) is 3.58. The van der Waals surface area contributed by atoms with Gasteiger partial charge >= 0.3 is 0 Å². The molecule has 0 atom stereocenters. The summed E-state index contributed by atoms with van der Waals surface area (Å²) in [6, 6.07) is 1.47. The molecule has 1 aromatic heterocycles. The van der Waals surface area contributed by atoms with Crippen molar-refractivity contribution in [3.63, 3.8) is 0 Å². The van der Waals surface area contributed by atoms with Crippen molar-refractivity contribution in [2.45, 2.75) is 12.8 Å². The van der Waals surface area contributed by atoms with Gasteiger partial charge in [0, 0.05) is 31.7 Å². The lowest BCUT2D eigenvalue weighted by atomic mass is 10.3. The molecule has 0 unspecified atom stereocenters. The van der Waals surface area contributed by atoms with Gasteiger partial charge in [-0.25, -0.2) is 4.98 Å². The van der Waals surface area contributed by atoms with Crippen LogP contribution in [0.4, 0.5) is 0 Å². The predicted octanol–water partition coefficient (Wildman–Crippen LogP) is -0.523. The number of aromatic amines is 1. The highest BCUT2D eigenvalue weighted by Gasteiger charge is 2.01. The average molecular weight is 241 g/mol. The molecule has 96 valence electrons. The van der Waals surface area contributed by atoms with Gasteiger partial charge in [-0.05, 0) is 6.54 Å². The number of nitrogens with one attached hydrogen (secondary N) is 1. The molecule has 0 radical (unpaired) electrons. The summed E-state index contributed by atoms with van der Waals surface area (Å²) in [5.74, 6) is 0.637. The molecule has 0 aromatic carbocycles. The van der Waals surface area contributed by atoms with Gasteiger partial charge < -0.3 is 20.2 Å². The maximum Gasteiger partial charge on any atom is 0.251 e. The molecule has 0 fully saturated rings. The van der Waals surface area contributed by atoms with Gasteiger partial charge in [0.2, 0.25) is 0 Å². The Hall–Kier alpha value is -1.24. The van der Waals surface area contributed by atoms with Gasteiger partial charge in [0.1, 0.15) is 5.82 Å². The van der Waals surface area contributed by atoms with E-state index in [4.69, 9.17) is 15.2 Å². The van der Waals surface area contributed by atoms with E-state index >= 15 is 0 Å². The van der Waals surface area contributed by atoms with Crippen molar-refractivity contribution < 1.29 is 9.47 Å². The van der Waals surface area contributed by atoms with Crippen molar-refractivity contribution in [3.05, 3.63) is 27.9 Å². The molecule has 1 heterocycles. The Labute approximate surface area is 100 Å². The van der Waals surface area contributed by atoms with Crippen molar-refractivity contribution in [2.75, 3.05) is 33.5 Å². The number of methoxy groups -OCH3 is 1. The van der Waals surface area contributed by atoms with E-state index in [0.717, 1.165) is 5.69 Å². The molecule has 0 aliphatic heterocycles. The van der Waals surface area contributed by atoms with Gasteiger partial charge in [0.05, 0.1) is 19.8 Å². The minimum Gasteiger partial charge on any atom is -0.382 e. The first-order chi connectivity index (χ1) is 8.26. The second-order valence-corrected chi connectivity index (χ2v) is 3.58. The second kappa shape index (κ2) is 7.94. The van der Waals surface area contributed by atoms with Crippen LogP contribution >= 0.6 is 0 Å². The van der Waals surface area contributed by atoms with Gasteiger partial charge in [0.15, 0.2) is 0 Å². The fraction of sp³-hybridized carbons (Fsp3) is 0.636. The van der Waals surface area contributed by atoms with Crippen molar-refractivity contribution in [3.8, 4) is 0 Å². The van der Waals surface area contributed by atoms with Crippen molar-refractivity contribution in [2.24, 2.45) is 5.73 Å². The van der Waals surface area contributed by atoms with Gasteiger partial charge in [-0.3, -0.25) is 4.79 Å². The van der Waals surface area contributed by atoms with Crippen molar-refractivity contribution in [1.82, 2.24) is 9.97 Å². The Kier molecular flexibility index (Phi) is 6.46. The predicted molar refractivity (Wildman–Crippen MR) is 64.0 cm³/mol. The van der Waals surface area contributed by atoms with E-state index in [-0.39, 0.29) is 5.56 Å². The standard InChI is InChI=1S/C11H19N3O3/c1-16-6-7-17-5-3-10-13-9(2-4-12)8-11(15)14-10/h8H,2-7,12H2,1H3,(H,13,14,15). The zero-order valence-corrected chi connectivity index (χ0v) is 10.1. The number of H-pyrrole nitrogens is 1. The Morgan fingerprint density at radius 3 is 2.88 bits per heavy atom. The van der Waals surface area contributed by atoms with Crippen LogP contribution in [0.1, 0.15) is 11.5 Å². The lowest BCUT2D eigenvalue weighted by Gasteiger charge is -2.04. The first kappa shape index (κ1) is 13.8. The molecule has 0 aliphatic carbocycles. The van der Waals surface area contributed by atoms with E-state index in [2.05, 4.69) is 9.97 Å². The van der Waals surface area contributed by atoms with Gasteiger partial charge in [0.25, 0.3) is 5.56 Å². The highest BCUT2D eigenvalue weighted by atomic mass is 16.5. The lowest BCUT2D eigenvalue weighted by Crippen LogP contribution is -2.16. The van der Waals surface area contributed by atoms with Crippen LogP contribution in [-0.4, -0.2) is 43.4 Å². The molecular formula is C11H19N3O3. The summed E-state index contributed by atoms with van der Waals surface area (Å²) in [7, 11) is 1.62. The maximum atomic E-state index is 11.3. The average Bonchev–Trinajstić information content (AvgIpc) is 2.28. The fourth-order valence-electron chi connectivity index (χ4n) is 1.37. The third kappa shape index (κ3) is 5.58. The Balaban J connectivity index is 2.44. The van der Waals surface area contributed by atoms with E-state index in [1.54, 1.807) is 7.11 Å². The largest absolute Gasteiger partial charge is 0.382 e. The van der Waals surface area contributed by atoms with E-state index in [1.807, 2.05) is 0 Å². The zero-order valence-electron chi connectivity index (χ0n) is 10.1. The number of nitrogens with zero attached hydrogens (tertiary/aromatic N) is 1. The number of hydrogen-bond acceptors (Lipinski definition) is 5. The van der Waals surface area contributed by atoms with E-state index in [0.29, 0.717) is 45.0 Å². The molecule has 0 bridgehead atoms. The summed E-state index contributed by atoms with van der Waals surface area (Å²) in [6.07, 6.45) is 1.19. The number of hydrogen-bond donors (Lipinski definition) is 2.